The van der Waals surface area contributed by atoms with Gasteiger partial charge in [-0.3, -0.25) is 9.69 Å². The summed E-state index contributed by atoms with van der Waals surface area (Å²) in [5.74, 6) is 0.310. The van der Waals surface area contributed by atoms with E-state index in [1.54, 1.807) is 0 Å². The Morgan fingerprint density at radius 3 is 2.56 bits per heavy atom. The number of hydrogen-bond acceptors (Lipinski definition) is 4. The third kappa shape index (κ3) is 7.59. The molecule has 2 heterocycles. The molecule has 27 heavy (non-hydrogen) atoms. The summed E-state index contributed by atoms with van der Waals surface area (Å²) in [6.45, 7) is 7.76. The molecule has 0 saturated carbocycles. The van der Waals surface area contributed by atoms with Crippen LogP contribution < -0.4 is 5.32 Å². The Balaban J connectivity index is 0.00000182. The van der Waals surface area contributed by atoms with Crippen LogP contribution in [0.5, 0.6) is 0 Å². The summed E-state index contributed by atoms with van der Waals surface area (Å²) in [6.07, 6.45) is 3.13. The topological polar surface area (TPSA) is 38.8 Å². The van der Waals surface area contributed by atoms with Crippen LogP contribution >= 0.6 is 24.8 Å². The molecule has 1 aromatic carbocycles. The van der Waals surface area contributed by atoms with Gasteiger partial charge in [0.15, 0.2) is 0 Å². The lowest BCUT2D eigenvalue weighted by Gasteiger charge is -2.38. The minimum atomic E-state index is 0. The number of rotatable bonds is 6. The molecule has 0 aliphatic carbocycles. The van der Waals surface area contributed by atoms with Gasteiger partial charge in [-0.1, -0.05) is 30.3 Å². The lowest BCUT2D eigenvalue weighted by molar-refractivity contribution is -0.132. The standard InChI is InChI=1S/C20H32N4O.2ClH/c1-22(13-9-20(25)24-14-10-21-11-15-24)19-8-5-12-23(17-19)16-18-6-3-2-4-7-18;;/h2-4,6-7,19,21H,5,8-17H2,1H3;2*1H. The van der Waals surface area contributed by atoms with Gasteiger partial charge in [-0.2, -0.15) is 0 Å². The van der Waals surface area contributed by atoms with Gasteiger partial charge in [0.25, 0.3) is 0 Å². The van der Waals surface area contributed by atoms with Crippen LogP contribution in [0.3, 0.4) is 0 Å². The zero-order valence-corrected chi connectivity index (χ0v) is 17.9. The number of hydrogen-bond donors (Lipinski definition) is 1. The largest absolute Gasteiger partial charge is 0.340 e. The van der Waals surface area contributed by atoms with E-state index in [2.05, 4.69) is 52.5 Å². The second-order valence-corrected chi connectivity index (χ2v) is 7.38. The Morgan fingerprint density at radius 1 is 1.15 bits per heavy atom. The normalized spacial score (nSPS) is 20.7. The highest BCUT2D eigenvalue weighted by molar-refractivity contribution is 5.85. The van der Waals surface area contributed by atoms with E-state index in [0.717, 1.165) is 45.8 Å². The summed E-state index contributed by atoms with van der Waals surface area (Å²) in [4.78, 5) is 19.3. The van der Waals surface area contributed by atoms with Gasteiger partial charge < -0.3 is 15.1 Å². The van der Waals surface area contributed by atoms with E-state index in [4.69, 9.17) is 0 Å². The summed E-state index contributed by atoms with van der Waals surface area (Å²) in [5.41, 5.74) is 1.39. The molecular formula is C20H34Cl2N4O. The number of nitrogens with zero attached hydrogens (tertiary/aromatic N) is 3. The second kappa shape index (κ2) is 12.6. The van der Waals surface area contributed by atoms with Crippen LogP contribution in [0.4, 0.5) is 0 Å². The van der Waals surface area contributed by atoms with Crippen molar-refractivity contribution in [2.75, 3.05) is 52.9 Å². The van der Waals surface area contributed by atoms with Gasteiger partial charge in [-0.15, -0.1) is 24.8 Å². The van der Waals surface area contributed by atoms with Crippen molar-refractivity contribution < 1.29 is 4.79 Å². The number of halogens is 2. The number of likely N-dealkylation sites (N-methyl/N-ethyl adjacent to an activating group) is 1. The SMILES string of the molecule is CN(CCC(=O)N1CCNCC1)C1CCCN(Cc2ccccc2)C1.Cl.Cl. The minimum absolute atomic E-state index is 0. The van der Waals surface area contributed by atoms with Crippen LogP contribution in [0.15, 0.2) is 30.3 Å². The predicted octanol–water partition coefficient (Wildman–Crippen LogP) is 2.25. The summed E-state index contributed by atoms with van der Waals surface area (Å²) < 4.78 is 0. The first-order chi connectivity index (χ1) is 12.2. The Labute approximate surface area is 176 Å². The second-order valence-electron chi connectivity index (χ2n) is 7.38. The molecule has 2 aliphatic heterocycles. The van der Waals surface area contributed by atoms with Crippen molar-refractivity contribution in [3.63, 3.8) is 0 Å². The first-order valence-electron chi connectivity index (χ1n) is 9.67. The van der Waals surface area contributed by atoms with E-state index < -0.39 is 0 Å². The number of carbonyl (C=O) groups excluding carboxylic acids is 1. The van der Waals surface area contributed by atoms with Crippen LogP contribution in [0.1, 0.15) is 24.8 Å². The van der Waals surface area contributed by atoms with E-state index in [9.17, 15) is 4.79 Å². The van der Waals surface area contributed by atoms with E-state index in [-0.39, 0.29) is 24.8 Å². The summed E-state index contributed by atoms with van der Waals surface area (Å²) >= 11 is 0. The van der Waals surface area contributed by atoms with Gasteiger partial charge in [0.1, 0.15) is 0 Å². The number of carbonyl (C=O) groups is 1. The molecule has 1 atom stereocenters. The van der Waals surface area contributed by atoms with Gasteiger partial charge in [0, 0.05) is 58.3 Å². The number of benzene rings is 1. The predicted molar refractivity (Wildman–Crippen MR) is 116 cm³/mol. The van der Waals surface area contributed by atoms with Gasteiger partial charge in [-0.05, 0) is 32.0 Å². The highest BCUT2D eigenvalue weighted by Crippen LogP contribution is 2.17. The minimum Gasteiger partial charge on any atom is -0.340 e. The van der Waals surface area contributed by atoms with Crippen molar-refractivity contribution in [2.45, 2.75) is 31.8 Å². The molecule has 3 rings (SSSR count). The number of piperazine rings is 1. The van der Waals surface area contributed by atoms with E-state index in [1.807, 2.05) is 4.90 Å². The van der Waals surface area contributed by atoms with Gasteiger partial charge >= 0.3 is 0 Å². The van der Waals surface area contributed by atoms with Crippen LogP contribution in [0.2, 0.25) is 0 Å². The third-order valence-corrected chi connectivity index (χ3v) is 5.50. The van der Waals surface area contributed by atoms with E-state index in [1.165, 1.54) is 24.9 Å². The molecule has 2 saturated heterocycles. The summed E-state index contributed by atoms with van der Waals surface area (Å²) in [6, 6.07) is 11.3. The molecule has 0 radical (unpaired) electrons. The van der Waals surface area contributed by atoms with Gasteiger partial charge in [0.05, 0.1) is 0 Å². The van der Waals surface area contributed by atoms with Gasteiger partial charge in [-0.25, -0.2) is 0 Å². The number of nitrogens with one attached hydrogen (secondary N) is 1. The number of piperidine rings is 1. The fourth-order valence-electron chi connectivity index (χ4n) is 3.90. The fourth-order valence-corrected chi connectivity index (χ4v) is 3.90. The molecule has 1 aromatic rings. The molecule has 7 heteroatoms. The zero-order chi connectivity index (χ0) is 17.5. The zero-order valence-electron chi connectivity index (χ0n) is 16.3. The average Bonchev–Trinajstić information content (AvgIpc) is 2.67. The van der Waals surface area contributed by atoms with Crippen molar-refractivity contribution in [2.24, 2.45) is 0 Å². The smallest absolute Gasteiger partial charge is 0.223 e. The Bertz CT molecular complexity index is 540. The maximum atomic E-state index is 12.4. The molecule has 0 bridgehead atoms. The molecule has 5 nitrogen and oxygen atoms in total. The van der Waals surface area contributed by atoms with Crippen molar-refractivity contribution in [3.05, 3.63) is 35.9 Å². The maximum absolute atomic E-state index is 12.4. The number of amides is 1. The highest BCUT2D eigenvalue weighted by Gasteiger charge is 2.24. The maximum Gasteiger partial charge on any atom is 0.223 e. The lowest BCUT2D eigenvalue weighted by atomic mass is 10.0. The molecule has 2 aliphatic rings. The Kier molecular flexibility index (Phi) is 11.3. The Hall–Kier alpha value is -0.850. The van der Waals surface area contributed by atoms with Crippen LogP contribution in [-0.4, -0.2) is 79.5 Å². The molecule has 1 unspecified atom stereocenters. The molecule has 2 fully saturated rings. The van der Waals surface area contributed by atoms with Crippen molar-refractivity contribution in [3.8, 4) is 0 Å². The van der Waals surface area contributed by atoms with Crippen molar-refractivity contribution in [1.82, 2.24) is 20.0 Å². The fraction of sp³-hybridized carbons (Fsp3) is 0.650. The van der Waals surface area contributed by atoms with Crippen LogP contribution in [0.25, 0.3) is 0 Å². The third-order valence-electron chi connectivity index (χ3n) is 5.50. The summed E-state index contributed by atoms with van der Waals surface area (Å²) in [7, 11) is 2.18. The molecule has 1 N–H and O–H groups in total. The number of likely N-dealkylation sites (tertiary alicyclic amines) is 1. The molecule has 0 spiro atoms. The van der Waals surface area contributed by atoms with Crippen LogP contribution in [-0.2, 0) is 11.3 Å². The molecular weight excluding hydrogens is 383 g/mol. The molecule has 154 valence electrons. The van der Waals surface area contributed by atoms with Crippen molar-refractivity contribution >= 4 is 30.7 Å². The summed E-state index contributed by atoms with van der Waals surface area (Å²) in [5, 5.41) is 3.30. The average molecular weight is 417 g/mol. The first kappa shape index (κ1) is 24.2. The quantitative estimate of drug-likeness (QED) is 0.771. The molecule has 0 aromatic heterocycles. The molecule has 1 amide bonds. The first-order valence-corrected chi connectivity index (χ1v) is 9.67. The van der Waals surface area contributed by atoms with E-state index in [0.29, 0.717) is 18.4 Å². The van der Waals surface area contributed by atoms with E-state index >= 15 is 0 Å². The lowest BCUT2D eigenvalue weighted by Crippen LogP contribution is -2.49. The van der Waals surface area contributed by atoms with Crippen LogP contribution in [0, 0.1) is 0 Å². The Morgan fingerprint density at radius 2 is 1.85 bits per heavy atom. The highest BCUT2D eigenvalue weighted by atomic mass is 35.5. The van der Waals surface area contributed by atoms with Crippen molar-refractivity contribution in [1.29, 1.82) is 0 Å². The van der Waals surface area contributed by atoms with Gasteiger partial charge in [0.2, 0.25) is 5.91 Å². The monoisotopic (exact) mass is 416 g/mol.